The summed E-state index contributed by atoms with van der Waals surface area (Å²) >= 11 is 0. The van der Waals surface area contributed by atoms with Crippen LogP contribution >= 0.6 is 0 Å². The van der Waals surface area contributed by atoms with Crippen LogP contribution in [-0.4, -0.2) is 37.0 Å². The molecule has 0 aliphatic carbocycles. The van der Waals surface area contributed by atoms with Gasteiger partial charge in [-0.05, 0) is 6.07 Å². The minimum atomic E-state index is -0.759. The van der Waals surface area contributed by atoms with E-state index in [0.29, 0.717) is 11.6 Å². The van der Waals surface area contributed by atoms with Crippen molar-refractivity contribution in [3.63, 3.8) is 0 Å². The normalized spacial score (nSPS) is 9.53. The molecular formula is C10H14N4O3. The smallest absolute Gasteiger partial charge is 0.313 e. The highest BCUT2D eigenvalue weighted by Gasteiger charge is 2.12. The molecule has 92 valence electrons. The zero-order valence-corrected chi connectivity index (χ0v) is 9.40. The molecule has 4 N–H and O–H groups in total. The quantitative estimate of drug-likeness (QED) is 0.589. The number of hydrogen-bond donors (Lipinski definition) is 3. The lowest BCUT2D eigenvalue weighted by Gasteiger charge is -2.05. The molecule has 0 spiro atoms. The van der Waals surface area contributed by atoms with Gasteiger partial charge < -0.3 is 21.1 Å². The molecule has 0 atom stereocenters. The van der Waals surface area contributed by atoms with Crippen LogP contribution in [0.4, 0.5) is 5.69 Å². The summed E-state index contributed by atoms with van der Waals surface area (Å²) in [5.41, 5.74) is 5.61. The first-order valence-corrected chi connectivity index (χ1v) is 4.96. The molecule has 0 radical (unpaired) electrons. The Bertz CT molecular complexity index is 391. The van der Waals surface area contributed by atoms with Gasteiger partial charge in [-0.1, -0.05) is 0 Å². The minimum Gasteiger partial charge on any atom is -0.481 e. The van der Waals surface area contributed by atoms with Crippen molar-refractivity contribution in [2.24, 2.45) is 5.73 Å². The van der Waals surface area contributed by atoms with Gasteiger partial charge in [0.15, 0.2) is 0 Å². The summed E-state index contributed by atoms with van der Waals surface area (Å²) < 4.78 is 4.86. The van der Waals surface area contributed by atoms with Gasteiger partial charge in [0.05, 0.1) is 19.0 Å². The van der Waals surface area contributed by atoms with Gasteiger partial charge >= 0.3 is 11.8 Å². The highest BCUT2D eigenvalue weighted by molar-refractivity contribution is 6.39. The predicted octanol–water partition coefficient (Wildman–Crippen LogP) is -0.896. The topological polar surface area (TPSA) is 106 Å². The van der Waals surface area contributed by atoms with Gasteiger partial charge in [-0.3, -0.25) is 9.59 Å². The van der Waals surface area contributed by atoms with E-state index in [1.807, 2.05) is 0 Å². The standard InChI is InChI=1S/C10H14N4O3/c1-17-8-3-2-7(6-13-8)14-10(16)9(15)12-5-4-11/h2-3,6H,4-5,11H2,1H3,(H,12,15)(H,14,16). The van der Waals surface area contributed by atoms with Gasteiger partial charge in [-0.15, -0.1) is 0 Å². The summed E-state index contributed by atoms with van der Waals surface area (Å²) in [4.78, 5) is 26.4. The number of methoxy groups -OCH3 is 1. The van der Waals surface area contributed by atoms with Crippen LogP contribution in [0.25, 0.3) is 0 Å². The van der Waals surface area contributed by atoms with E-state index < -0.39 is 11.8 Å². The lowest BCUT2D eigenvalue weighted by atomic mass is 10.4. The first kappa shape index (κ1) is 12.9. The Morgan fingerprint density at radius 1 is 1.41 bits per heavy atom. The lowest BCUT2D eigenvalue weighted by Crippen LogP contribution is -2.37. The number of aromatic nitrogens is 1. The largest absolute Gasteiger partial charge is 0.481 e. The zero-order chi connectivity index (χ0) is 12.7. The van der Waals surface area contributed by atoms with Crippen LogP contribution in [0.5, 0.6) is 5.88 Å². The Morgan fingerprint density at radius 3 is 2.71 bits per heavy atom. The second kappa shape index (κ2) is 6.44. The first-order chi connectivity index (χ1) is 8.17. The number of hydrogen-bond acceptors (Lipinski definition) is 5. The number of pyridine rings is 1. The van der Waals surface area contributed by atoms with Crippen molar-refractivity contribution in [3.8, 4) is 5.88 Å². The lowest BCUT2D eigenvalue weighted by molar-refractivity contribution is -0.136. The second-order valence-corrected chi connectivity index (χ2v) is 3.09. The summed E-state index contributed by atoms with van der Waals surface area (Å²) in [6, 6.07) is 3.16. The summed E-state index contributed by atoms with van der Waals surface area (Å²) in [6.07, 6.45) is 1.40. The summed E-state index contributed by atoms with van der Waals surface area (Å²) in [7, 11) is 1.49. The van der Waals surface area contributed by atoms with E-state index in [0.717, 1.165) is 0 Å². The maximum absolute atomic E-state index is 11.3. The molecule has 0 bridgehead atoms. The van der Waals surface area contributed by atoms with Crippen LogP contribution in [0.3, 0.4) is 0 Å². The van der Waals surface area contributed by atoms with E-state index in [1.165, 1.54) is 13.3 Å². The molecule has 0 fully saturated rings. The number of rotatable bonds is 4. The molecule has 1 heterocycles. The van der Waals surface area contributed by atoms with Gasteiger partial charge in [0.2, 0.25) is 5.88 Å². The Labute approximate surface area is 98.4 Å². The maximum Gasteiger partial charge on any atom is 0.313 e. The van der Waals surface area contributed by atoms with Gasteiger partial charge in [0.25, 0.3) is 0 Å². The summed E-state index contributed by atoms with van der Waals surface area (Å²) in [5, 5.41) is 4.75. The number of nitrogens with two attached hydrogens (primary N) is 1. The van der Waals surface area contributed by atoms with Gasteiger partial charge in [-0.25, -0.2) is 4.98 Å². The second-order valence-electron chi connectivity index (χ2n) is 3.09. The number of carbonyl (C=O) groups is 2. The van der Waals surface area contributed by atoms with Crippen molar-refractivity contribution in [1.82, 2.24) is 10.3 Å². The number of nitrogens with one attached hydrogen (secondary N) is 2. The van der Waals surface area contributed by atoms with Crippen LogP contribution < -0.4 is 21.1 Å². The predicted molar refractivity (Wildman–Crippen MR) is 61.5 cm³/mol. The van der Waals surface area contributed by atoms with E-state index in [2.05, 4.69) is 15.6 Å². The van der Waals surface area contributed by atoms with Crippen molar-refractivity contribution < 1.29 is 14.3 Å². The molecule has 7 nitrogen and oxygen atoms in total. The van der Waals surface area contributed by atoms with E-state index in [1.54, 1.807) is 12.1 Å². The van der Waals surface area contributed by atoms with E-state index >= 15 is 0 Å². The Morgan fingerprint density at radius 2 is 2.18 bits per heavy atom. The third-order valence-corrected chi connectivity index (χ3v) is 1.84. The molecule has 2 amide bonds. The zero-order valence-electron chi connectivity index (χ0n) is 9.40. The van der Waals surface area contributed by atoms with Crippen molar-refractivity contribution in [1.29, 1.82) is 0 Å². The van der Waals surface area contributed by atoms with E-state index in [-0.39, 0.29) is 13.1 Å². The van der Waals surface area contributed by atoms with Crippen LogP contribution in [-0.2, 0) is 9.59 Å². The van der Waals surface area contributed by atoms with Crippen LogP contribution in [0.1, 0.15) is 0 Å². The average molecular weight is 238 g/mol. The Hall–Kier alpha value is -2.15. The maximum atomic E-state index is 11.3. The van der Waals surface area contributed by atoms with E-state index in [4.69, 9.17) is 10.5 Å². The molecule has 0 saturated carbocycles. The fourth-order valence-corrected chi connectivity index (χ4v) is 1.03. The Kier molecular flexibility index (Phi) is 4.89. The average Bonchev–Trinajstić information content (AvgIpc) is 2.36. The van der Waals surface area contributed by atoms with Gasteiger partial charge in [0.1, 0.15) is 0 Å². The van der Waals surface area contributed by atoms with Crippen LogP contribution in [0, 0.1) is 0 Å². The third kappa shape index (κ3) is 4.07. The number of ether oxygens (including phenoxy) is 1. The van der Waals surface area contributed by atoms with Crippen LogP contribution in [0.2, 0.25) is 0 Å². The molecular weight excluding hydrogens is 224 g/mol. The number of anilines is 1. The highest BCUT2D eigenvalue weighted by atomic mass is 16.5. The third-order valence-electron chi connectivity index (χ3n) is 1.84. The molecule has 0 aliphatic heterocycles. The van der Waals surface area contributed by atoms with E-state index in [9.17, 15) is 9.59 Å². The molecule has 17 heavy (non-hydrogen) atoms. The first-order valence-electron chi connectivity index (χ1n) is 4.96. The number of amides is 2. The fraction of sp³-hybridized carbons (Fsp3) is 0.300. The van der Waals surface area contributed by atoms with Gasteiger partial charge in [0, 0.05) is 19.2 Å². The molecule has 0 saturated heterocycles. The summed E-state index contributed by atoms with van der Waals surface area (Å²) in [5.74, 6) is -1.06. The minimum absolute atomic E-state index is 0.257. The molecule has 7 heteroatoms. The molecule has 1 rings (SSSR count). The fourth-order valence-electron chi connectivity index (χ4n) is 1.03. The Balaban J connectivity index is 2.52. The highest BCUT2D eigenvalue weighted by Crippen LogP contribution is 2.10. The monoisotopic (exact) mass is 238 g/mol. The van der Waals surface area contributed by atoms with Crippen molar-refractivity contribution in [3.05, 3.63) is 18.3 Å². The van der Waals surface area contributed by atoms with Crippen molar-refractivity contribution in [2.75, 3.05) is 25.5 Å². The molecule has 0 aromatic carbocycles. The van der Waals surface area contributed by atoms with Crippen LogP contribution in [0.15, 0.2) is 18.3 Å². The number of carbonyl (C=O) groups excluding carboxylic acids is 2. The van der Waals surface area contributed by atoms with Crippen molar-refractivity contribution in [2.45, 2.75) is 0 Å². The van der Waals surface area contributed by atoms with Crippen molar-refractivity contribution >= 4 is 17.5 Å². The molecule has 0 aliphatic rings. The number of nitrogens with zero attached hydrogens (tertiary/aromatic N) is 1. The SMILES string of the molecule is COc1ccc(NC(=O)C(=O)NCCN)cn1. The summed E-state index contributed by atoms with van der Waals surface area (Å²) in [6.45, 7) is 0.538. The molecule has 1 aromatic rings. The molecule has 0 unspecified atom stereocenters. The molecule has 1 aromatic heterocycles. The van der Waals surface area contributed by atoms with Gasteiger partial charge in [-0.2, -0.15) is 0 Å².